The van der Waals surface area contributed by atoms with Gasteiger partial charge in [0.1, 0.15) is 11.3 Å². The van der Waals surface area contributed by atoms with Gasteiger partial charge < -0.3 is 5.73 Å². The van der Waals surface area contributed by atoms with Crippen LogP contribution in [0.4, 0.5) is 10.2 Å². The molecule has 1 aliphatic rings. The van der Waals surface area contributed by atoms with Crippen molar-refractivity contribution in [1.29, 1.82) is 0 Å². The van der Waals surface area contributed by atoms with Crippen molar-refractivity contribution in [3.8, 4) is 11.4 Å². The molecule has 26 heavy (non-hydrogen) atoms. The van der Waals surface area contributed by atoms with E-state index in [0.29, 0.717) is 28.1 Å². The molecule has 2 heterocycles. The van der Waals surface area contributed by atoms with Crippen LogP contribution in [0.15, 0.2) is 29.2 Å². The summed E-state index contributed by atoms with van der Waals surface area (Å²) < 4.78 is 15.3. The van der Waals surface area contributed by atoms with E-state index in [4.69, 9.17) is 5.73 Å². The summed E-state index contributed by atoms with van der Waals surface area (Å²) in [6.45, 7) is 1.68. The van der Waals surface area contributed by atoms with Crippen molar-refractivity contribution in [2.24, 2.45) is 0 Å². The molecule has 1 aromatic carbocycles. The van der Waals surface area contributed by atoms with Crippen molar-refractivity contribution >= 4 is 17.0 Å². The van der Waals surface area contributed by atoms with Crippen LogP contribution in [0.2, 0.25) is 0 Å². The summed E-state index contributed by atoms with van der Waals surface area (Å²) in [6, 6.07) is 4.77. The van der Waals surface area contributed by atoms with E-state index in [1.165, 1.54) is 18.7 Å². The fourth-order valence-electron chi connectivity index (χ4n) is 3.64. The zero-order chi connectivity index (χ0) is 18.3. The average molecular weight is 353 g/mol. The molecular formula is C19H20FN5O. The third kappa shape index (κ3) is 2.83. The lowest BCUT2D eigenvalue weighted by Gasteiger charge is -2.24. The highest BCUT2D eigenvalue weighted by molar-refractivity contribution is 5.83. The number of halogens is 1. The molecule has 0 unspecified atom stereocenters. The molecule has 7 heteroatoms. The summed E-state index contributed by atoms with van der Waals surface area (Å²) in [4.78, 5) is 25.6. The summed E-state index contributed by atoms with van der Waals surface area (Å²) in [5.41, 5.74) is 7.97. The highest BCUT2D eigenvalue weighted by Crippen LogP contribution is 2.30. The highest BCUT2D eigenvalue weighted by atomic mass is 19.1. The van der Waals surface area contributed by atoms with Crippen LogP contribution in [0, 0.1) is 12.7 Å². The Hall–Kier alpha value is -2.83. The molecule has 1 fully saturated rings. The first-order chi connectivity index (χ1) is 12.5. The molecule has 0 amide bonds. The van der Waals surface area contributed by atoms with Crippen molar-refractivity contribution in [2.75, 3.05) is 5.73 Å². The Morgan fingerprint density at radius 2 is 1.96 bits per heavy atom. The third-order valence-corrected chi connectivity index (χ3v) is 5.02. The second kappa shape index (κ2) is 6.48. The largest absolute Gasteiger partial charge is 0.382 e. The first-order valence-electron chi connectivity index (χ1n) is 8.86. The molecule has 0 aliphatic heterocycles. The number of nitrogens with two attached hydrogens (primary N) is 1. The monoisotopic (exact) mass is 353 g/mol. The van der Waals surface area contributed by atoms with Gasteiger partial charge in [0.05, 0.1) is 6.20 Å². The number of aryl methyl sites for hydroxylation is 1. The summed E-state index contributed by atoms with van der Waals surface area (Å²) in [5, 5.41) is 0. The smallest absolute Gasteiger partial charge is 0.270 e. The van der Waals surface area contributed by atoms with Crippen LogP contribution in [0.25, 0.3) is 22.6 Å². The molecule has 4 rings (SSSR count). The number of nitrogens with zero attached hydrogens (tertiary/aromatic N) is 4. The summed E-state index contributed by atoms with van der Waals surface area (Å²) in [5.74, 6) is 0.301. The number of aromatic nitrogens is 4. The normalized spacial score (nSPS) is 15.5. The van der Waals surface area contributed by atoms with Gasteiger partial charge in [-0.05, 0) is 43.5 Å². The first-order valence-corrected chi connectivity index (χ1v) is 8.86. The Bertz CT molecular complexity index is 1040. The van der Waals surface area contributed by atoms with E-state index in [-0.39, 0.29) is 23.2 Å². The van der Waals surface area contributed by atoms with Crippen molar-refractivity contribution in [1.82, 2.24) is 19.5 Å². The molecule has 2 aromatic heterocycles. The minimum atomic E-state index is -0.289. The Balaban J connectivity index is 1.94. The predicted molar refractivity (Wildman–Crippen MR) is 98.3 cm³/mol. The standard InChI is InChI=1S/C19H20FN5O/c1-11-9-12(7-8-14(11)20)18-23-17(21)16-19(24-18)25(15(26)10-22-16)13-5-3-2-4-6-13/h7-10,13H,2-6H2,1H3,(H2,21,23,24). The SMILES string of the molecule is Cc1cc(-c2nc(N)c3ncc(=O)n(C4CCCCC4)c3n2)ccc1F. The Kier molecular flexibility index (Phi) is 4.14. The van der Waals surface area contributed by atoms with Gasteiger partial charge in [0.2, 0.25) is 0 Å². The molecule has 0 bridgehead atoms. The number of benzene rings is 1. The fraction of sp³-hybridized carbons (Fsp3) is 0.368. The zero-order valence-electron chi connectivity index (χ0n) is 14.6. The molecule has 0 atom stereocenters. The Morgan fingerprint density at radius 1 is 1.19 bits per heavy atom. The van der Waals surface area contributed by atoms with E-state index in [2.05, 4.69) is 15.0 Å². The van der Waals surface area contributed by atoms with Crippen molar-refractivity contribution < 1.29 is 4.39 Å². The quantitative estimate of drug-likeness (QED) is 0.763. The van der Waals surface area contributed by atoms with Gasteiger partial charge in [-0.25, -0.2) is 19.3 Å². The van der Waals surface area contributed by atoms with Crippen molar-refractivity contribution in [3.63, 3.8) is 0 Å². The van der Waals surface area contributed by atoms with E-state index in [1.54, 1.807) is 23.6 Å². The van der Waals surface area contributed by atoms with E-state index in [1.807, 2.05) is 0 Å². The predicted octanol–water partition coefficient (Wildman–Crippen LogP) is 3.39. The van der Waals surface area contributed by atoms with Crippen LogP contribution in [0.3, 0.4) is 0 Å². The molecule has 134 valence electrons. The van der Waals surface area contributed by atoms with Crippen LogP contribution in [-0.2, 0) is 0 Å². The molecule has 0 radical (unpaired) electrons. The minimum Gasteiger partial charge on any atom is -0.382 e. The third-order valence-electron chi connectivity index (χ3n) is 5.02. The molecule has 3 aromatic rings. The molecule has 0 spiro atoms. The topological polar surface area (TPSA) is 86.7 Å². The van der Waals surface area contributed by atoms with Gasteiger partial charge in [-0.15, -0.1) is 0 Å². The highest BCUT2D eigenvalue weighted by Gasteiger charge is 2.21. The molecule has 2 N–H and O–H groups in total. The number of hydrogen-bond acceptors (Lipinski definition) is 5. The summed E-state index contributed by atoms with van der Waals surface area (Å²) in [7, 11) is 0. The first kappa shape index (κ1) is 16.6. The fourth-order valence-corrected chi connectivity index (χ4v) is 3.64. The number of rotatable bonds is 2. The second-order valence-electron chi connectivity index (χ2n) is 6.83. The van der Waals surface area contributed by atoms with Gasteiger partial charge in [0, 0.05) is 11.6 Å². The van der Waals surface area contributed by atoms with Gasteiger partial charge in [0.25, 0.3) is 5.56 Å². The van der Waals surface area contributed by atoms with E-state index in [9.17, 15) is 9.18 Å². The Labute approximate surface area is 149 Å². The van der Waals surface area contributed by atoms with Gasteiger partial charge in [-0.3, -0.25) is 9.36 Å². The van der Waals surface area contributed by atoms with E-state index >= 15 is 0 Å². The molecular weight excluding hydrogens is 333 g/mol. The van der Waals surface area contributed by atoms with Gasteiger partial charge in [-0.2, -0.15) is 0 Å². The molecule has 6 nitrogen and oxygen atoms in total. The van der Waals surface area contributed by atoms with Crippen LogP contribution < -0.4 is 11.3 Å². The lowest BCUT2D eigenvalue weighted by Crippen LogP contribution is -2.27. The maximum atomic E-state index is 13.6. The van der Waals surface area contributed by atoms with Crippen LogP contribution in [0.1, 0.15) is 43.7 Å². The van der Waals surface area contributed by atoms with Crippen LogP contribution in [0.5, 0.6) is 0 Å². The van der Waals surface area contributed by atoms with Crippen molar-refractivity contribution in [3.05, 3.63) is 46.1 Å². The molecule has 0 saturated heterocycles. The summed E-state index contributed by atoms with van der Waals surface area (Å²) in [6.07, 6.45) is 6.53. The van der Waals surface area contributed by atoms with Gasteiger partial charge >= 0.3 is 0 Å². The van der Waals surface area contributed by atoms with Crippen LogP contribution in [-0.4, -0.2) is 19.5 Å². The van der Waals surface area contributed by atoms with Crippen LogP contribution >= 0.6 is 0 Å². The lowest BCUT2D eigenvalue weighted by molar-refractivity contribution is 0.352. The van der Waals surface area contributed by atoms with Gasteiger partial charge in [-0.1, -0.05) is 19.3 Å². The second-order valence-corrected chi connectivity index (χ2v) is 6.83. The van der Waals surface area contributed by atoms with Crippen molar-refractivity contribution in [2.45, 2.75) is 45.1 Å². The minimum absolute atomic E-state index is 0.0962. The van der Waals surface area contributed by atoms with E-state index < -0.39 is 0 Å². The lowest BCUT2D eigenvalue weighted by atomic mass is 9.95. The number of hydrogen-bond donors (Lipinski definition) is 1. The summed E-state index contributed by atoms with van der Waals surface area (Å²) >= 11 is 0. The molecule has 1 saturated carbocycles. The number of anilines is 1. The Morgan fingerprint density at radius 3 is 2.69 bits per heavy atom. The number of nitrogen functional groups attached to an aromatic ring is 1. The zero-order valence-corrected chi connectivity index (χ0v) is 14.6. The maximum Gasteiger partial charge on any atom is 0.270 e. The van der Waals surface area contributed by atoms with Gasteiger partial charge in [0.15, 0.2) is 17.3 Å². The molecule has 1 aliphatic carbocycles. The number of fused-ring (bicyclic) bond motifs is 1. The van der Waals surface area contributed by atoms with E-state index in [0.717, 1.165) is 25.7 Å². The maximum absolute atomic E-state index is 13.6. The average Bonchev–Trinajstić information content (AvgIpc) is 2.64.